The number of rotatable bonds is 6. The molecule has 0 heterocycles. The second kappa shape index (κ2) is 6.51. The molecule has 6 heteroatoms. The van der Waals surface area contributed by atoms with E-state index >= 15 is 0 Å². The zero-order valence-corrected chi connectivity index (χ0v) is 13.9. The highest BCUT2D eigenvalue weighted by atomic mass is 32.2. The molecule has 1 aliphatic carbocycles. The minimum absolute atomic E-state index is 0.0922. The number of halogens is 2. The maximum atomic E-state index is 12.5. The molecule has 0 aliphatic heterocycles. The van der Waals surface area contributed by atoms with E-state index in [1.165, 1.54) is 36.2 Å². The molecule has 1 saturated carbocycles. The van der Waals surface area contributed by atoms with Crippen LogP contribution in [0.2, 0.25) is 0 Å². The molecule has 1 fully saturated rings. The molecule has 2 aromatic carbocycles. The van der Waals surface area contributed by atoms with Crippen LogP contribution in [0.4, 0.5) is 14.5 Å². The van der Waals surface area contributed by atoms with Gasteiger partial charge in [0.05, 0.1) is 4.90 Å². The van der Waals surface area contributed by atoms with E-state index in [-0.39, 0.29) is 10.3 Å². The third-order valence-electron chi connectivity index (χ3n) is 4.75. The molecule has 0 aromatic heterocycles. The summed E-state index contributed by atoms with van der Waals surface area (Å²) in [6.45, 7) is 0.734. The van der Waals surface area contributed by atoms with E-state index in [1.807, 2.05) is 18.2 Å². The Balaban J connectivity index is 1.71. The predicted octanol–water partition coefficient (Wildman–Crippen LogP) is 4.22. The molecule has 0 radical (unpaired) electrons. The zero-order chi connectivity index (χ0) is 17.2. The fourth-order valence-corrected chi connectivity index (χ4v) is 3.82. The first-order valence-electron chi connectivity index (χ1n) is 7.86. The molecule has 0 unspecified atom stereocenters. The van der Waals surface area contributed by atoms with Gasteiger partial charge in [0.15, 0.2) is 0 Å². The summed E-state index contributed by atoms with van der Waals surface area (Å²) in [6.07, 6.45) is 3.38. The van der Waals surface area contributed by atoms with Crippen molar-refractivity contribution in [2.75, 3.05) is 11.9 Å². The van der Waals surface area contributed by atoms with Crippen LogP contribution in [0.3, 0.4) is 0 Å². The van der Waals surface area contributed by atoms with E-state index < -0.39 is 15.6 Å². The number of hydrogen-bond acceptors (Lipinski definition) is 3. The van der Waals surface area contributed by atoms with Crippen LogP contribution in [0.1, 0.15) is 24.8 Å². The van der Waals surface area contributed by atoms with Gasteiger partial charge in [-0.15, -0.1) is 0 Å². The van der Waals surface area contributed by atoms with Crippen LogP contribution in [-0.4, -0.2) is 20.7 Å². The zero-order valence-electron chi connectivity index (χ0n) is 13.1. The van der Waals surface area contributed by atoms with Crippen molar-refractivity contribution in [1.82, 2.24) is 0 Å². The standard InChI is InChI=1S/C18H19F2NO2S/c19-17(20)24(22,23)16-9-7-15(8-10-16)21-13-18(11-4-12-18)14-5-2-1-3-6-14/h1-3,5-10,17,21H,4,11-13H2. The Kier molecular flexibility index (Phi) is 4.58. The molecule has 128 valence electrons. The molecule has 2 aromatic rings. The monoisotopic (exact) mass is 351 g/mol. The molecule has 1 aliphatic rings. The molecule has 24 heavy (non-hydrogen) atoms. The summed E-state index contributed by atoms with van der Waals surface area (Å²) >= 11 is 0. The first-order chi connectivity index (χ1) is 11.4. The predicted molar refractivity (Wildman–Crippen MR) is 90.1 cm³/mol. The number of hydrogen-bond donors (Lipinski definition) is 1. The SMILES string of the molecule is O=S(=O)(c1ccc(NCC2(c3ccccc3)CCC2)cc1)C(F)F. The number of benzene rings is 2. The summed E-state index contributed by atoms with van der Waals surface area (Å²) in [6, 6.07) is 15.8. The summed E-state index contributed by atoms with van der Waals surface area (Å²) in [7, 11) is -4.53. The lowest BCUT2D eigenvalue weighted by molar-refractivity contribution is 0.234. The van der Waals surface area contributed by atoms with Gasteiger partial charge in [-0.05, 0) is 42.7 Å². The second-order valence-corrected chi connectivity index (χ2v) is 8.10. The van der Waals surface area contributed by atoms with E-state index in [2.05, 4.69) is 17.4 Å². The summed E-state index contributed by atoms with van der Waals surface area (Å²) in [5, 5.41) is 3.31. The van der Waals surface area contributed by atoms with Crippen molar-refractivity contribution >= 4 is 15.5 Å². The lowest BCUT2D eigenvalue weighted by Crippen LogP contribution is -2.40. The Hall–Kier alpha value is -1.95. The van der Waals surface area contributed by atoms with Crippen molar-refractivity contribution in [2.45, 2.75) is 35.3 Å². The minimum Gasteiger partial charge on any atom is -0.384 e. The van der Waals surface area contributed by atoms with Crippen molar-refractivity contribution in [3.05, 3.63) is 60.2 Å². The van der Waals surface area contributed by atoms with Gasteiger partial charge in [0.25, 0.3) is 0 Å². The molecule has 0 amide bonds. The van der Waals surface area contributed by atoms with Crippen LogP contribution in [-0.2, 0) is 15.3 Å². The van der Waals surface area contributed by atoms with Crippen molar-refractivity contribution < 1.29 is 17.2 Å². The second-order valence-electron chi connectivity index (χ2n) is 6.18. The number of alkyl halides is 2. The molecule has 0 bridgehead atoms. The Labute approximate surface area is 140 Å². The van der Waals surface area contributed by atoms with Crippen LogP contribution in [0, 0.1) is 0 Å². The third kappa shape index (κ3) is 3.15. The van der Waals surface area contributed by atoms with Crippen molar-refractivity contribution in [1.29, 1.82) is 0 Å². The first kappa shape index (κ1) is 16.9. The van der Waals surface area contributed by atoms with Gasteiger partial charge in [-0.25, -0.2) is 8.42 Å². The Morgan fingerprint density at radius 1 is 1.00 bits per heavy atom. The number of nitrogens with one attached hydrogen (secondary N) is 1. The average molecular weight is 351 g/mol. The van der Waals surface area contributed by atoms with Crippen molar-refractivity contribution in [2.24, 2.45) is 0 Å². The normalized spacial score (nSPS) is 16.6. The Bertz CT molecular complexity index is 786. The highest BCUT2D eigenvalue weighted by Gasteiger charge is 2.38. The largest absolute Gasteiger partial charge is 0.384 e. The van der Waals surface area contributed by atoms with Gasteiger partial charge >= 0.3 is 5.76 Å². The molecular formula is C18H19F2NO2S. The smallest absolute Gasteiger partial charge is 0.341 e. The topological polar surface area (TPSA) is 46.2 Å². The van der Waals surface area contributed by atoms with Gasteiger partial charge in [0.2, 0.25) is 9.84 Å². The van der Waals surface area contributed by atoms with Crippen LogP contribution in [0.25, 0.3) is 0 Å². The molecule has 3 nitrogen and oxygen atoms in total. The number of sulfone groups is 1. The summed E-state index contributed by atoms with van der Waals surface area (Å²) in [4.78, 5) is -0.357. The highest BCUT2D eigenvalue weighted by Crippen LogP contribution is 2.43. The van der Waals surface area contributed by atoms with E-state index in [4.69, 9.17) is 0 Å². The molecule has 0 saturated heterocycles. The van der Waals surface area contributed by atoms with Crippen molar-refractivity contribution in [3.63, 3.8) is 0 Å². The fraction of sp³-hybridized carbons (Fsp3) is 0.333. The van der Waals surface area contributed by atoms with Crippen LogP contribution in [0.15, 0.2) is 59.5 Å². The van der Waals surface area contributed by atoms with E-state index in [0.29, 0.717) is 0 Å². The molecule has 3 rings (SSSR count). The first-order valence-corrected chi connectivity index (χ1v) is 9.40. The van der Waals surface area contributed by atoms with Crippen LogP contribution >= 0.6 is 0 Å². The van der Waals surface area contributed by atoms with Gasteiger partial charge in [0.1, 0.15) is 0 Å². The molecule has 0 spiro atoms. The lowest BCUT2D eigenvalue weighted by atomic mass is 9.64. The third-order valence-corrected chi connectivity index (χ3v) is 6.14. The molecule has 0 atom stereocenters. The van der Waals surface area contributed by atoms with Gasteiger partial charge < -0.3 is 5.32 Å². The van der Waals surface area contributed by atoms with Crippen LogP contribution < -0.4 is 5.32 Å². The fourth-order valence-electron chi connectivity index (χ4n) is 3.10. The van der Waals surface area contributed by atoms with E-state index in [9.17, 15) is 17.2 Å². The molecule has 1 N–H and O–H groups in total. The highest BCUT2D eigenvalue weighted by molar-refractivity contribution is 7.91. The minimum atomic E-state index is -4.53. The van der Waals surface area contributed by atoms with Gasteiger partial charge in [-0.1, -0.05) is 36.8 Å². The maximum Gasteiger partial charge on any atom is 0.341 e. The molecular weight excluding hydrogens is 332 g/mol. The van der Waals surface area contributed by atoms with E-state index in [1.54, 1.807) is 0 Å². The number of anilines is 1. The van der Waals surface area contributed by atoms with Gasteiger partial charge in [-0.2, -0.15) is 8.78 Å². The van der Waals surface area contributed by atoms with E-state index in [0.717, 1.165) is 25.1 Å². The van der Waals surface area contributed by atoms with Gasteiger partial charge in [-0.3, -0.25) is 0 Å². The van der Waals surface area contributed by atoms with Crippen LogP contribution in [0.5, 0.6) is 0 Å². The summed E-state index contributed by atoms with van der Waals surface area (Å²) < 4.78 is 47.9. The summed E-state index contributed by atoms with van der Waals surface area (Å²) in [5.74, 6) is -3.40. The Morgan fingerprint density at radius 2 is 1.62 bits per heavy atom. The van der Waals surface area contributed by atoms with Gasteiger partial charge in [0, 0.05) is 17.6 Å². The summed E-state index contributed by atoms with van der Waals surface area (Å²) in [5.41, 5.74) is 2.11. The van der Waals surface area contributed by atoms with Crippen molar-refractivity contribution in [3.8, 4) is 0 Å². The lowest BCUT2D eigenvalue weighted by Gasteiger charge is -2.43. The quantitative estimate of drug-likeness (QED) is 0.848. The average Bonchev–Trinajstić information content (AvgIpc) is 2.55. The Morgan fingerprint density at radius 3 is 2.12 bits per heavy atom. The maximum absolute atomic E-state index is 12.5.